The SMILES string of the molecule is C/C=C(/NC(=O)c1ccc(F)c(CC)n1)C(=O)O.C/C=C(\NC(=O)c1ccc(F)c(CNC(=O)OC(C)(C)C)n1)C(=O)N[C@H](C(=O)O[C@H](/C=C/CCC)CC(C)=O)C(C)C.CCC/C=C/[C@H](CC(=O)OCC[Si](C)(C)C)OC(=O)[C@@H](N)C(C)C. The van der Waals surface area contributed by atoms with Crippen molar-refractivity contribution in [2.24, 2.45) is 17.6 Å². The quantitative estimate of drug-likeness (QED) is 0.0145. The molecule has 0 unspecified atom stereocenters. The molecule has 2 heterocycles. The molecule has 0 bridgehead atoms. The fraction of sp³-hybridized carbons (Fsp3) is 0.550. The number of aromatic nitrogens is 2. The number of pyridine rings is 2. The number of nitrogens with one attached hydrogen (secondary N) is 4. The van der Waals surface area contributed by atoms with Crippen LogP contribution in [0.2, 0.25) is 25.7 Å². The maximum atomic E-state index is 14.3. The molecule has 24 heteroatoms. The molecule has 0 aromatic carbocycles. The van der Waals surface area contributed by atoms with Gasteiger partial charge in [-0.1, -0.05) is 105 Å². The molecule has 21 nitrogen and oxygen atoms in total. The standard InChI is InChI=1S/C30H43FN4O7.C18H35NO4Si.C12H13FN2O3/c1-9-11-12-13-20(16-19(5)36)41-28(39)25(18(3)4)35-26(37)22(10-2)34-27(38)23-15-14-21(31)24(33-23)17-32-29(40)42-30(6,7)8;1-7-8-9-10-15(23-18(21)17(19)14(2)3)13-16(20)22-11-12-24(4,5)6;1-3-8-7(13)5-6-10(14-8)11(16)15-9(4-2)12(17)18/h10,12-15,18,20,25H,9,11,16-17H2,1-8H3,(H,32,40)(H,34,38)(H,35,37);9-10,14-15,17H,7-8,11-13,19H2,1-6H3;4-6H,3H2,1-2H3,(H,15,16)(H,17,18)/b13-12+,22-10-;10-9+;9-4+/t20-,25+;15-,17+;/m11./s1. The first-order valence-corrected chi connectivity index (χ1v) is 31.8. The van der Waals surface area contributed by atoms with Crippen molar-refractivity contribution in [1.82, 2.24) is 31.2 Å². The lowest BCUT2D eigenvalue weighted by Gasteiger charge is -2.24. The van der Waals surface area contributed by atoms with Gasteiger partial charge in [0.25, 0.3) is 17.7 Å². The lowest BCUT2D eigenvalue weighted by atomic mass is 10.0. The molecule has 0 aliphatic heterocycles. The van der Waals surface area contributed by atoms with E-state index < -0.39 is 91.3 Å². The van der Waals surface area contributed by atoms with Gasteiger partial charge in [-0.15, -0.1) is 0 Å². The zero-order chi connectivity index (χ0) is 64.5. The molecule has 468 valence electrons. The molecule has 0 saturated heterocycles. The van der Waals surface area contributed by atoms with Crippen molar-refractivity contribution < 1.29 is 76.0 Å². The minimum Gasteiger partial charge on any atom is -0.477 e. The van der Waals surface area contributed by atoms with Crippen molar-refractivity contribution in [3.05, 3.63) is 107 Å². The van der Waals surface area contributed by atoms with Gasteiger partial charge in [0.05, 0.1) is 31.0 Å². The summed E-state index contributed by atoms with van der Waals surface area (Å²) < 4.78 is 48.8. The summed E-state index contributed by atoms with van der Waals surface area (Å²) in [6, 6.07) is 3.65. The lowest BCUT2D eigenvalue weighted by molar-refractivity contribution is -0.155. The van der Waals surface area contributed by atoms with Gasteiger partial charge in [-0.2, -0.15) is 0 Å². The van der Waals surface area contributed by atoms with Crippen molar-refractivity contribution in [3.63, 3.8) is 0 Å². The Labute approximate surface area is 494 Å². The van der Waals surface area contributed by atoms with E-state index in [4.69, 9.17) is 29.8 Å². The van der Waals surface area contributed by atoms with E-state index in [9.17, 15) is 51.9 Å². The third-order valence-corrected chi connectivity index (χ3v) is 13.0. The summed E-state index contributed by atoms with van der Waals surface area (Å²) in [5.74, 6) is -6.85. The van der Waals surface area contributed by atoms with E-state index in [-0.39, 0.29) is 77.1 Å². The lowest BCUT2D eigenvalue weighted by Crippen LogP contribution is -2.48. The molecule has 0 aliphatic rings. The van der Waals surface area contributed by atoms with E-state index in [2.05, 4.69) is 57.8 Å². The summed E-state index contributed by atoms with van der Waals surface area (Å²) in [5, 5.41) is 18.3. The minimum absolute atomic E-state index is 0.000832. The van der Waals surface area contributed by atoms with Gasteiger partial charge >= 0.3 is 30.0 Å². The number of unbranched alkanes of at least 4 members (excludes halogenated alkanes) is 2. The predicted molar refractivity (Wildman–Crippen MR) is 317 cm³/mol. The molecular formula is C60H91F2N7O14Si. The normalized spacial score (nSPS) is 13.2. The number of esters is 3. The number of Topliss-reactive ketones (excluding diaryl/α,β-unsaturated/α-hetero) is 1. The smallest absolute Gasteiger partial charge is 0.407 e. The average molecular weight is 1200 g/mol. The highest BCUT2D eigenvalue weighted by atomic mass is 28.3. The van der Waals surface area contributed by atoms with E-state index in [1.54, 1.807) is 53.7 Å². The van der Waals surface area contributed by atoms with Crippen molar-refractivity contribution in [1.29, 1.82) is 0 Å². The number of nitrogens with two attached hydrogens (primary N) is 1. The van der Waals surface area contributed by atoms with Crippen molar-refractivity contribution in [2.45, 2.75) is 197 Å². The molecule has 0 saturated carbocycles. The Bertz CT molecular complexity index is 2650. The summed E-state index contributed by atoms with van der Waals surface area (Å²) in [7, 11) is -1.24. The molecule has 4 amide bonds. The second kappa shape index (κ2) is 39.1. The monoisotopic (exact) mass is 1200 g/mol. The molecule has 0 spiro atoms. The molecule has 7 N–H and O–H groups in total. The Morgan fingerprint density at radius 2 is 1.21 bits per heavy atom. The number of allylic oxidation sites excluding steroid dienone is 4. The fourth-order valence-electron chi connectivity index (χ4n) is 6.49. The number of hydrogen-bond donors (Lipinski definition) is 6. The topological polar surface area (TPSA) is 311 Å². The third kappa shape index (κ3) is 32.4. The highest BCUT2D eigenvalue weighted by Crippen LogP contribution is 2.15. The minimum atomic E-state index is -1.25. The van der Waals surface area contributed by atoms with Crippen LogP contribution in [0, 0.1) is 23.5 Å². The molecule has 0 fully saturated rings. The van der Waals surface area contributed by atoms with Crippen LogP contribution in [-0.2, 0) is 60.7 Å². The summed E-state index contributed by atoms with van der Waals surface area (Å²) in [6.07, 6.45) is 11.5. The number of hydrogen-bond acceptors (Lipinski definition) is 16. The Hall–Kier alpha value is -7.47. The number of carbonyl (C=O) groups excluding carboxylic acids is 8. The largest absolute Gasteiger partial charge is 0.477 e. The number of carbonyl (C=O) groups is 9. The number of halogens is 2. The van der Waals surface area contributed by atoms with Gasteiger partial charge in [0.15, 0.2) is 0 Å². The first-order valence-electron chi connectivity index (χ1n) is 28.1. The molecule has 0 aliphatic carbocycles. The third-order valence-electron chi connectivity index (χ3n) is 11.3. The fourth-order valence-corrected chi connectivity index (χ4v) is 7.20. The van der Waals surface area contributed by atoms with Gasteiger partial charge in [-0.05, 0) is 115 Å². The Morgan fingerprint density at radius 3 is 1.65 bits per heavy atom. The molecule has 2 rings (SSSR count). The van der Waals surface area contributed by atoms with Crippen LogP contribution in [0.5, 0.6) is 0 Å². The number of aryl methyl sites for hydroxylation is 1. The second-order valence-corrected chi connectivity index (χ2v) is 27.7. The van der Waals surface area contributed by atoms with E-state index in [0.29, 0.717) is 13.0 Å². The Morgan fingerprint density at radius 1 is 0.726 bits per heavy atom. The molecule has 2 aromatic heterocycles. The zero-order valence-electron chi connectivity index (χ0n) is 51.8. The van der Waals surface area contributed by atoms with E-state index in [0.717, 1.165) is 49.9 Å². The highest BCUT2D eigenvalue weighted by molar-refractivity contribution is 6.76. The summed E-state index contributed by atoms with van der Waals surface area (Å²) in [4.78, 5) is 117. The maximum Gasteiger partial charge on any atom is 0.407 e. The number of aliphatic carboxylic acids is 1. The van der Waals surface area contributed by atoms with E-state index in [1.165, 1.54) is 39.0 Å². The van der Waals surface area contributed by atoms with Crippen molar-refractivity contribution >= 4 is 61.5 Å². The van der Waals surface area contributed by atoms with Crippen LogP contribution >= 0.6 is 0 Å². The van der Waals surface area contributed by atoms with Crippen LogP contribution in [0.25, 0.3) is 0 Å². The second-order valence-electron chi connectivity index (χ2n) is 22.1. The number of ether oxygens (including phenoxy) is 4. The van der Waals surface area contributed by atoms with Gasteiger partial charge in [0.2, 0.25) is 0 Å². The predicted octanol–water partition coefficient (Wildman–Crippen LogP) is 9.28. The number of amides is 4. The summed E-state index contributed by atoms with van der Waals surface area (Å²) in [5.41, 5.74) is 4.35. The van der Waals surface area contributed by atoms with E-state index in [1.807, 2.05) is 32.9 Å². The van der Waals surface area contributed by atoms with Crippen LogP contribution in [0.15, 0.2) is 72.1 Å². The van der Waals surface area contributed by atoms with Crippen LogP contribution in [0.1, 0.15) is 161 Å². The van der Waals surface area contributed by atoms with Crippen molar-refractivity contribution in [2.75, 3.05) is 6.61 Å². The number of rotatable bonds is 29. The number of nitrogens with zero attached hydrogens (tertiary/aromatic N) is 2. The van der Waals surface area contributed by atoms with Crippen LogP contribution in [-0.4, -0.2) is 113 Å². The molecule has 2 aromatic rings. The van der Waals surface area contributed by atoms with Crippen LogP contribution in [0.4, 0.5) is 13.6 Å². The van der Waals surface area contributed by atoms with Gasteiger partial charge < -0.3 is 51.1 Å². The number of alkyl carbamates (subject to hydrolysis) is 1. The van der Waals surface area contributed by atoms with E-state index >= 15 is 0 Å². The average Bonchev–Trinajstić information content (AvgIpc) is 3.61. The molecule has 4 atom stereocenters. The molecule has 0 radical (unpaired) electrons. The van der Waals surface area contributed by atoms with Gasteiger partial charge in [0, 0.05) is 14.5 Å². The number of carboxylic acids is 1. The Balaban J connectivity index is 0.00000137. The number of ketones is 1. The van der Waals surface area contributed by atoms with Crippen LogP contribution in [0.3, 0.4) is 0 Å². The molecular weight excluding hydrogens is 1110 g/mol. The van der Waals surface area contributed by atoms with Crippen molar-refractivity contribution in [3.8, 4) is 0 Å². The Kier molecular flexibility index (Phi) is 35.7. The zero-order valence-corrected chi connectivity index (χ0v) is 52.8. The van der Waals surface area contributed by atoms with Gasteiger partial charge in [-0.3, -0.25) is 28.8 Å². The van der Waals surface area contributed by atoms with Crippen LogP contribution < -0.4 is 27.0 Å². The number of carboxylic acid groups (broad SMARTS) is 1. The van der Waals surface area contributed by atoms with Gasteiger partial charge in [-0.25, -0.2) is 33.1 Å². The first-order chi connectivity index (χ1) is 39.1. The molecule has 84 heavy (non-hydrogen) atoms. The van der Waals surface area contributed by atoms with Gasteiger partial charge in [0.1, 0.15) is 70.1 Å². The highest BCUT2D eigenvalue weighted by Gasteiger charge is 2.30. The maximum absolute atomic E-state index is 14.3. The first kappa shape index (κ1) is 76.5. The summed E-state index contributed by atoms with van der Waals surface area (Å²) >= 11 is 0. The summed E-state index contributed by atoms with van der Waals surface area (Å²) in [6.45, 7) is 29.1.